The number of carbonyl (C=O) groups excluding carboxylic acids is 2. The second-order valence-electron chi connectivity index (χ2n) is 7.20. The van der Waals surface area contributed by atoms with Crippen LogP contribution in [0.3, 0.4) is 0 Å². The van der Waals surface area contributed by atoms with E-state index in [9.17, 15) is 9.59 Å². The lowest BCUT2D eigenvalue weighted by Gasteiger charge is -2.12. The number of aryl methyl sites for hydroxylation is 1. The molecule has 1 aromatic heterocycles. The number of amides is 1. The van der Waals surface area contributed by atoms with E-state index in [1.807, 2.05) is 24.4 Å². The number of nitrogens with zero attached hydrogens (tertiary/aromatic N) is 1. The van der Waals surface area contributed by atoms with Crippen LogP contribution in [-0.4, -0.2) is 24.7 Å². The maximum atomic E-state index is 12.0. The van der Waals surface area contributed by atoms with Crippen molar-refractivity contribution < 1.29 is 19.1 Å². The molecule has 0 aliphatic carbocycles. The summed E-state index contributed by atoms with van der Waals surface area (Å²) in [5, 5.41) is 5.76. The van der Waals surface area contributed by atoms with Crippen LogP contribution in [0, 0.1) is 6.92 Å². The van der Waals surface area contributed by atoms with Crippen LogP contribution >= 0.6 is 11.3 Å². The molecule has 0 saturated carbocycles. The van der Waals surface area contributed by atoms with E-state index in [4.69, 9.17) is 9.47 Å². The molecule has 0 saturated heterocycles. The summed E-state index contributed by atoms with van der Waals surface area (Å²) < 4.78 is 10.9. The van der Waals surface area contributed by atoms with Gasteiger partial charge in [-0.3, -0.25) is 4.79 Å². The number of hydrogen-bond acceptors (Lipinski definition) is 6. The van der Waals surface area contributed by atoms with Crippen LogP contribution in [0.1, 0.15) is 46.1 Å². The van der Waals surface area contributed by atoms with Gasteiger partial charge >= 0.3 is 5.97 Å². The van der Waals surface area contributed by atoms with Gasteiger partial charge in [0, 0.05) is 0 Å². The van der Waals surface area contributed by atoms with E-state index in [2.05, 4.69) is 30.4 Å². The Morgan fingerprint density at radius 1 is 1.13 bits per heavy atom. The predicted octanol–water partition coefficient (Wildman–Crippen LogP) is 4.93. The maximum absolute atomic E-state index is 12.0. The van der Waals surface area contributed by atoms with Gasteiger partial charge in [0.05, 0.1) is 6.21 Å². The summed E-state index contributed by atoms with van der Waals surface area (Å²) in [6, 6.07) is 16.3. The second kappa shape index (κ2) is 10.5. The normalized spacial score (nSPS) is 11.0. The molecule has 0 unspecified atom stereocenters. The number of thiophene rings is 1. The highest BCUT2D eigenvalue weighted by molar-refractivity contribution is 7.12. The zero-order valence-corrected chi connectivity index (χ0v) is 18.4. The second-order valence-corrected chi connectivity index (χ2v) is 8.15. The van der Waals surface area contributed by atoms with E-state index in [1.54, 1.807) is 36.4 Å². The Labute approximate surface area is 185 Å². The minimum atomic E-state index is -0.391. The molecule has 1 amide bonds. The number of benzene rings is 2. The summed E-state index contributed by atoms with van der Waals surface area (Å²) in [6.07, 6.45) is 1.51. The van der Waals surface area contributed by atoms with Gasteiger partial charge in [-0.25, -0.2) is 10.2 Å². The third-order valence-corrected chi connectivity index (χ3v) is 5.30. The molecule has 2 aromatic carbocycles. The molecule has 0 atom stereocenters. The molecule has 0 fully saturated rings. The Hall–Kier alpha value is -3.45. The molecule has 160 valence electrons. The molecule has 0 aliphatic rings. The Morgan fingerprint density at radius 2 is 1.90 bits per heavy atom. The Balaban J connectivity index is 1.47. The average molecular weight is 437 g/mol. The lowest BCUT2D eigenvalue weighted by molar-refractivity contribution is -0.123. The van der Waals surface area contributed by atoms with Gasteiger partial charge in [-0.15, -0.1) is 11.3 Å². The monoisotopic (exact) mass is 436 g/mol. The minimum Gasteiger partial charge on any atom is -0.483 e. The van der Waals surface area contributed by atoms with Crippen molar-refractivity contribution in [1.29, 1.82) is 0 Å². The van der Waals surface area contributed by atoms with E-state index in [-0.39, 0.29) is 12.5 Å². The van der Waals surface area contributed by atoms with Crippen LogP contribution in [0.2, 0.25) is 0 Å². The third kappa shape index (κ3) is 6.52. The minimum absolute atomic E-state index is 0.128. The average Bonchev–Trinajstić information content (AvgIpc) is 3.29. The van der Waals surface area contributed by atoms with E-state index in [0.717, 1.165) is 16.7 Å². The molecular formula is C24H24N2O4S. The summed E-state index contributed by atoms with van der Waals surface area (Å²) in [6.45, 7) is 6.03. The lowest BCUT2D eigenvalue weighted by Crippen LogP contribution is -2.24. The molecule has 1 N–H and O–H groups in total. The highest BCUT2D eigenvalue weighted by atomic mass is 32.1. The number of nitrogens with one attached hydrogen (secondary N) is 1. The van der Waals surface area contributed by atoms with Crippen LogP contribution < -0.4 is 14.9 Å². The molecule has 7 heteroatoms. The number of ether oxygens (including phenoxy) is 2. The van der Waals surface area contributed by atoms with E-state index >= 15 is 0 Å². The summed E-state index contributed by atoms with van der Waals surface area (Å²) in [5.74, 6) is 0.766. The molecule has 6 nitrogen and oxygen atoms in total. The van der Waals surface area contributed by atoms with Crippen molar-refractivity contribution >= 4 is 29.4 Å². The molecule has 3 rings (SSSR count). The third-order valence-electron chi connectivity index (χ3n) is 4.45. The van der Waals surface area contributed by atoms with Crippen molar-refractivity contribution in [3.8, 4) is 11.5 Å². The molecule has 0 radical (unpaired) electrons. The fourth-order valence-corrected chi connectivity index (χ4v) is 3.26. The predicted molar refractivity (Wildman–Crippen MR) is 122 cm³/mol. The molecule has 31 heavy (non-hydrogen) atoms. The summed E-state index contributed by atoms with van der Waals surface area (Å²) in [7, 11) is 0. The topological polar surface area (TPSA) is 77.0 Å². The van der Waals surface area contributed by atoms with Gasteiger partial charge in [-0.2, -0.15) is 5.10 Å². The fraction of sp³-hybridized carbons (Fsp3) is 0.208. The summed E-state index contributed by atoms with van der Waals surface area (Å²) >= 11 is 1.33. The first-order valence-electron chi connectivity index (χ1n) is 9.83. The van der Waals surface area contributed by atoms with Gasteiger partial charge in [0.25, 0.3) is 5.91 Å². The van der Waals surface area contributed by atoms with Gasteiger partial charge in [0.15, 0.2) is 6.61 Å². The number of hydrazone groups is 1. The highest BCUT2D eigenvalue weighted by Gasteiger charge is 2.09. The number of carbonyl (C=O) groups is 2. The largest absolute Gasteiger partial charge is 0.483 e. The SMILES string of the molecule is Cc1ccc(C(C)C)cc1OCC(=O)N/N=C\c1ccc(OC(=O)c2cccs2)cc1. The molecule has 3 aromatic rings. The van der Waals surface area contributed by atoms with Crippen LogP contribution in [0.25, 0.3) is 0 Å². The van der Waals surface area contributed by atoms with Gasteiger partial charge in [0.2, 0.25) is 0 Å². The van der Waals surface area contributed by atoms with Crippen LogP contribution in [0.4, 0.5) is 0 Å². The van der Waals surface area contributed by atoms with Crippen molar-refractivity contribution in [3.05, 3.63) is 81.5 Å². The van der Waals surface area contributed by atoms with Gasteiger partial charge in [-0.05, 0) is 71.3 Å². The highest BCUT2D eigenvalue weighted by Crippen LogP contribution is 2.24. The first-order valence-corrected chi connectivity index (χ1v) is 10.7. The van der Waals surface area contributed by atoms with Crippen LogP contribution in [0.15, 0.2) is 65.1 Å². The van der Waals surface area contributed by atoms with E-state index in [0.29, 0.717) is 22.3 Å². The first-order chi connectivity index (χ1) is 14.9. The zero-order valence-electron chi connectivity index (χ0n) is 17.6. The summed E-state index contributed by atoms with van der Waals surface area (Å²) in [5.41, 5.74) is 5.32. The Kier molecular flexibility index (Phi) is 7.56. The first kappa shape index (κ1) is 22.2. The Morgan fingerprint density at radius 3 is 2.58 bits per heavy atom. The van der Waals surface area contributed by atoms with Crippen LogP contribution in [0.5, 0.6) is 11.5 Å². The lowest BCUT2D eigenvalue weighted by atomic mass is 10.0. The smallest absolute Gasteiger partial charge is 0.353 e. The Bertz CT molecular complexity index is 1060. The zero-order chi connectivity index (χ0) is 22.2. The molecule has 0 spiro atoms. The van der Waals surface area contributed by atoms with E-state index in [1.165, 1.54) is 17.6 Å². The number of esters is 1. The van der Waals surface area contributed by atoms with Gasteiger partial charge in [0.1, 0.15) is 16.4 Å². The standard InChI is InChI=1S/C24H24N2O4S/c1-16(2)19-9-6-17(3)21(13-19)29-15-23(27)26-25-14-18-7-10-20(11-8-18)30-24(28)22-5-4-12-31-22/h4-14,16H,15H2,1-3H3,(H,26,27)/b25-14-. The quantitative estimate of drug-likeness (QED) is 0.235. The van der Waals surface area contributed by atoms with Gasteiger partial charge in [-0.1, -0.05) is 32.0 Å². The molecule has 1 heterocycles. The maximum Gasteiger partial charge on any atom is 0.353 e. The molecular weight excluding hydrogens is 412 g/mol. The van der Waals surface area contributed by atoms with Crippen LogP contribution in [-0.2, 0) is 4.79 Å². The fourth-order valence-electron chi connectivity index (χ4n) is 2.66. The molecule has 0 aliphatic heterocycles. The summed E-state index contributed by atoms with van der Waals surface area (Å²) in [4.78, 5) is 24.5. The van der Waals surface area contributed by atoms with Crippen molar-refractivity contribution in [2.75, 3.05) is 6.61 Å². The van der Waals surface area contributed by atoms with Gasteiger partial charge < -0.3 is 9.47 Å². The van der Waals surface area contributed by atoms with Crippen molar-refractivity contribution in [2.24, 2.45) is 5.10 Å². The molecule has 0 bridgehead atoms. The van der Waals surface area contributed by atoms with Crippen molar-refractivity contribution in [1.82, 2.24) is 5.43 Å². The van der Waals surface area contributed by atoms with Crippen molar-refractivity contribution in [3.63, 3.8) is 0 Å². The van der Waals surface area contributed by atoms with Crippen molar-refractivity contribution in [2.45, 2.75) is 26.7 Å². The van der Waals surface area contributed by atoms with E-state index < -0.39 is 5.97 Å². The number of hydrogen-bond donors (Lipinski definition) is 1. The number of rotatable bonds is 8.